The molecule has 2 aromatic rings. The summed E-state index contributed by atoms with van der Waals surface area (Å²) in [5.41, 5.74) is 0.663. The van der Waals surface area contributed by atoms with E-state index in [1.54, 1.807) is 6.20 Å². The second-order valence-electron chi connectivity index (χ2n) is 3.28. The van der Waals surface area contributed by atoms with Gasteiger partial charge in [0.25, 0.3) is 0 Å². The minimum atomic E-state index is 0.648. The number of pyridine rings is 1. The van der Waals surface area contributed by atoms with Crippen LogP contribution in [0.4, 0.5) is 5.82 Å². The smallest absolute Gasteiger partial charge is 0.183 e. The van der Waals surface area contributed by atoms with E-state index in [1.807, 2.05) is 31.0 Å². The third kappa shape index (κ3) is 2.00. The number of H-pyrrole nitrogens is 1. The number of hydrogen-bond donors (Lipinski definition) is 1. The molecule has 0 saturated carbocycles. The molecule has 0 aliphatic heterocycles. The van der Waals surface area contributed by atoms with Gasteiger partial charge in [0.15, 0.2) is 11.5 Å². The summed E-state index contributed by atoms with van der Waals surface area (Å²) in [7, 11) is 0. The van der Waals surface area contributed by atoms with E-state index in [9.17, 15) is 0 Å². The zero-order chi connectivity index (χ0) is 11.4. The second kappa shape index (κ2) is 4.69. The number of rotatable bonds is 4. The number of nitrogens with zero attached hydrogens (tertiary/aromatic N) is 5. The maximum absolute atomic E-state index is 4.13. The molecule has 0 aliphatic rings. The minimum absolute atomic E-state index is 0.648. The van der Waals surface area contributed by atoms with Crippen LogP contribution in [0.25, 0.3) is 11.0 Å². The van der Waals surface area contributed by atoms with Crippen LogP contribution < -0.4 is 0 Å². The predicted molar refractivity (Wildman–Crippen MR) is 61.3 cm³/mol. The summed E-state index contributed by atoms with van der Waals surface area (Å²) in [5.74, 6) is 0.648. The zero-order valence-electron chi connectivity index (χ0n) is 9.38. The van der Waals surface area contributed by atoms with Crippen LogP contribution in [-0.2, 0) is 0 Å². The highest BCUT2D eigenvalue weighted by Crippen LogP contribution is 2.20. The van der Waals surface area contributed by atoms with Crippen LogP contribution in [0.2, 0.25) is 0 Å². The van der Waals surface area contributed by atoms with E-state index in [1.165, 1.54) is 0 Å². The lowest BCUT2D eigenvalue weighted by Gasteiger charge is -2.10. The molecule has 0 aliphatic carbocycles. The molecular weight excluding hydrogens is 204 g/mol. The second-order valence-corrected chi connectivity index (χ2v) is 3.28. The van der Waals surface area contributed by atoms with Crippen LogP contribution in [0.1, 0.15) is 13.8 Å². The van der Waals surface area contributed by atoms with Crippen molar-refractivity contribution >= 4 is 16.9 Å². The Morgan fingerprint density at radius 3 is 2.94 bits per heavy atom. The SMILES string of the molecule is CCN(CC)N=Nc1[nH]nc2ncccc12. The molecule has 2 heterocycles. The first-order valence-corrected chi connectivity index (χ1v) is 5.30. The molecule has 0 fully saturated rings. The molecule has 0 bridgehead atoms. The number of hydrogen-bond acceptors (Lipinski definition) is 4. The average molecular weight is 218 g/mol. The van der Waals surface area contributed by atoms with E-state index >= 15 is 0 Å². The van der Waals surface area contributed by atoms with E-state index < -0.39 is 0 Å². The molecule has 0 amide bonds. The zero-order valence-corrected chi connectivity index (χ0v) is 9.38. The van der Waals surface area contributed by atoms with E-state index in [2.05, 4.69) is 25.5 Å². The van der Waals surface area contributed by atoms with Crippen molar-refractivity contribution in [3.8, 4) is 0 Å². The summed E-state index contributed by atoms with van der Waals surface area (Å²) >= 11 is 0. The standard InChI is InChI=1S/C10H14N6/c1-3-16(4-2)15-14-10-8-6-5-7-11-9(8)12-13-10/h5-7H,3-4H2,1-2H3,(H,11,12,13). The van der Waals surface area contributed by atoms with Crippen molar-refractivity contribution in [2.45, 2.75) is 13.8 Å². The van der Waals surface area contributed by atoms with Gasteiger partial charge in [-0.3, -0.25) is 10.1 Å². The monoisotopic (exact) mass is 218 g/mol. The molecule has 0 aromatic carbocycles. The van der Waals surface area contributed by atoms with E-state index in [4.69, 9.17) is 0 Å². The first-order chi connectivity index (χ1) is 7.85. The van der Waals surface area contributed by atoms with Gasteiger partial charge in [0, 0.05) is 19.3 Å². The Labute approximate surface area is 93.4 Å². The van der Waals surface area contributed by atoms with Crippen molar-refractivity contribution in [1.29, 1.82) is 0 Å². The molecule has 2 aromatic heterocycles. The molecule has 84 valence electrons. The van der Waals surface area contributed by atoms with Crippen LogP contribution >= 0.6 is 0 Å². The number of aromatic nitrogens is 3. The Bertz CT molecular complexity index is 485. The highest BCUT2D eigenvalue weighted by molar-refractivity contribution is 5.84. The fraction of sp³-hybridized carbons (Fsp3) is 0.400. The van der Waals surface area contributed by atoms with Gasteiger partial charge in [0.1, 0.15) is 0 Å². The van der Waals surface area contributed by atoms with Crippen molar-refractivity contribution in [2.75, 3.05) is 13.1 Å². The fourth-order valence-electron chi connectivity index (χ4n) is 1.37. The Hall–Kier alpha value is -1.98. The van der Waals surface area contributed by atoms with Crippen molar-refractivity contribution < 1.29 is 0 Å². The maximum atomic E-state index is 4.13. The van der Waals surface area contributed by atoms with Gasteiger partial charge in [-0.2, -0.15) is 5.10 Å². The molecule has 0 unspecified atom stereocenters. The topological polar surface area (TPSA) is 69.5 Å². The molecule has 6 nitrogen and oxygen atoms in total. The quantitative estimate of drug-likeness (QED) is 0.632. The molecule has 6 heteroatoms. The van der Waals surface area contributed by atoms with Crippen LogP contribution in [0.15, 0.2) is 28.7 Å². The van der Waals surface area contributed by atoms with Gasteiger partial charge in [-0.1, -0.05) is 5.22 Å². The lowest BCUT2D eigenvalue weighted by Crippen LogP contribution is -2.14. The third-order valence-electron chi connectivity index (χ3n) is 2.31. The predicted octanol–water partition coefficient (Wildman–Crippen LogP) is 2.30. The molecule has 0 atom stereocenters. The van der Waals surface area contributed by atoms with Gasteiger partial charge in [-0.15, -0.1) is 5.11 Å². The van der Waals surface area contributed by atoms with Gasteiger partial charge in [-0.25, -0.2) is 4.98 Å². The molecule has 16 heavy (non-hydrogen) atoms. The van der Waals surface area contributed by atoms with E-state index in [0.717, 1.165) is 18.5 Å². The molecule has 1 N–H and O–H groups in total. The number of aromatic amines is 1. The Balaban J connectivity index is 2.27. The fourth-order valence-corrected chi connectivity index (χ4v) is 1.37. The van der Waals surface area contributed by atoms with Crippen LogP contribution in [0.5, 0.6) is 0 Å². The van der Waals surface area contributed by atoms with E-state index in [-0.39, 0.29) is 0 Å². The molecule has 0 spiro atoms. The summed E-state index contributed by atoms with van der Waals surface area (Å²) in [6.07, 6.45) is 1.70. The Morgan fingerprint density at radius 1 is 1.38 bits per heavy atom. The van der Waals surface area contributed by atoms with Crippen LogP contribution in [-0.4, -0.2) is 33.3 Å². The normalized spacial score (nSPS) is 11.4. The summed E-state index contributed by atoms with van der Waals surface area (Å²) in [4.78, 5) is 4.11. The number of nitrogens with one attached hydrogen (secondary N) is 1. The van der Waals surface area contributed by atoms with Gasteiger partial charge in [0.2, 0.25) is 0 Å². The average Bonchev–Trinajstić information content (AvgIpc) is 2.74. The first-order valence-electron chi connectivity index (χ1n) is 5.30. The van der Waals surface area contributed by atoms with E-state index in [0.29, 0.717) is 11.5 Å². The number of fused-ring (bicyclic) bond motifs is 1. The van der Waals surface area contributed by atoms with Gasteiger partial charge in [0.05, 0.1) is 5.39 Å². The summed E-state index contributed by atoms with van der Waals surface area (Å²) in [5, 5.41) is 17.9. The lowest BCUT2D eigenvalue weighted by atomic mass is 10.3. The maximum Gasteiger partial charge on any atom is 0.183 e. The van der Waals surface area contributed by atoms with Gasteiger partial charge >= 0.3 is 0 Å². The molecular formula is C10H14N6. The molecule has 2 rings (SSSR count). The first kappa shape index (κ1) is 10.5. The Morgan fingerprint density at radius 2 is 2.19 bits per heavy atom. The summed E-state index contributed by atoms with van der Waals surface area (Å²) < 4.78 is 0. The van der Waals surface area contributed by atoms with Crippen molar-refractivity contribution in [3.05, 3.63) is 18.3 Å². The van der Waals surface area contributed by atoms with Crippen molar-refractivity contribution in [3.63, 3.8) is 0 Å². The summed E-state index contributed by atoms with van der Waals surface area (Å²) in [6.45, 7) is 5.75. The molecule has 0 radical (unpaired) electrons. The van der Waals surface area contributed by atoms with Crippen LogP contribution in [0, 0.1) is 0 Å². The van der Waals surface area contributed by atoms with Crippen LogP contribution in [0.3, 0.4) is 0 Å². The lowest BCUT2D eigenvalue weighted by molar-refractivity contribution is 0.300. The third-order valence-corrected chi connectivity index (χ3v) is 2.31. The van der Waals surface area contributed by atoms with Crippen molar-refractivity contribution in [2.24, 2.45) is 10.3 Å². The highest BCUT2D eigenvalue weighted by atomic mass is 15.5. The molecule has 0 saturated heterocycles. The highest BCUT2D eigenvalue weighted by Gasteiger charge is 2.04. The Kier molecular flexibility index (Phi) is 3.09. The summed E-state index contributed by atoms with van der Waals surface area (Å²) in [6, 6.07) is 3.77. The minimum Gasteiger partial charge on any atom is -0.279 e. The van der Waals surface area contributed by atoms with Gasteiger partial charge < -0.3 is 0 Å². The largest absolute Gasteiger partial charge is 0.279 e. The van der Waals surface area contributed by atoms with Gasteiger partial charge in [-0.05, 0) is 26.0 Å². The van der Waals surface area contributed by atoms with Crippen molar-refractivity contribution in [1.82, 2.24) is 20.2 Å².